The van der Waals surface area contributed by atoms with Crippen molar-refractivity contribution >= 4 is 6.29 Å². The second-order valence-electron chi connectivity index (χ2n) is 3.40. The van der Waals surface area contributed by atoms with Crippen molar-refractivity contribution in [2.45, 2.75) is 6.92 Å². The summed E-state index contributed by atoms with van der Waals surface area (Å²) in [6.07, 6.45) is 0.699. The smallest absolute Gasteiger partial charge is 0.191 e. The van der Waals surface area contributed by atoms with Crippen LogP contribution in [0.4, 0.5) is 0 Å². The number of aldehydes is 1. The van der Waals surface area contributed by atoms with E-state index in [1.165, 1.54) is 10.2 Å². The molecule has 4 nitrogen and oxygen atoms in total. The number of aryl methyl sites for hydroxylation is 2. The molecule has 2 aromatic rings. The molecular weight excluding hydrogens is 190 g/mol. The Balaban J connectivity index is 2.45. The zero-order valence-corrected chi connectivity index (χ0v) is 8.64. The van der Waals surface area contributed by atoms with Gasteiger partial charge in [-0.25, -0.2) is 9.67 Å². The SMILES string of the molecule is Cc1ccc(-c2nc(C=O)n(C)n2)cc1. The summed E-state index contributed by atoms with van der Waals surface area (Å²) in [6.45, 7) is 2.02. The van der Waals surface area contributed by atoms with E-state index in [-0.39, 0.29) is 0 Å². The Morgan fingerprint density at radius 3 is 2.47 bits per heavy atom. The van der Waals surface area contributed by atoms with E-state index in [0.717, 1.165) is 5.56 Å². The molecule has 0 N–H and O–H groups in total. The Bertz CT molecular complexity index is 485. The van der Waals surface area contributed by atoms with Gasteiger partial charge in [0.15, 0.2) is 17.9 Å². The second kappa shape index (κ2) is 3.65. The lowest BCUT2D eigenvalue weighted by molar-refractivity contribution is 0.111. The molecule has 2 rings (SSSR count). The molecule has 0 bridgehead atoms. The Hall–Kier alpha value is -1.97. The monoisotopic (exact) mass is 201 g/mol. The van der Waals surface area contributed by atoms with Crippen LogP contribution in [0.3, 0.4) is 0 Å². The summed E-state index contributed by atoms with van der Waals surface area (Å²) < 4.78 is 1.47. The third-order valence-electron chi connectivity index (χ3n) is 2.21. The fraction of sp³-hybridized carbons (Fsp3) is 0.182. The van der Waals surface area contributed by atoms with E-state index in [1.807, 2.05) is 31.2 Å². The van der Waals surface area contributed by atoms with Crippen molar-refractivity contribution in [1.82, 2.24) is 14.8 Å². The summed E-state index contributed by atoms with van der Waals surface area (Å²) in [5.74, 6) is 0.921. The van der Waals surface area contributed by atoms with Crippen LogP contribution in [-0.2, 0) is 7.05 Å². The zero-order chi connectivity index (χ0) is 10.8. The Morgan fingerprint density at radius 2 is 1.93 bits per heavy atom. The lowest BCUT2D eigenvalue weighted by Gasteiger charge is -1.95. The van der Waals surface area contributed by atoms with Gasteiger partial charge in [-0.1, -0.05) is 29.8 Å². The molecule has 0 unspecified atom stereocenters. The molecule has 0 amide bonds. The summed E-state index contributed by atoms with van der Waals surface area (Å²) >= 11 is 0. The lowest BCUT2D eigenvalue weighted by atomic mass is 10.1. The summed E-state index contributed by atoms with van der Waals surface area (Å²) in [7, 11) is 1.70. The first-order valence-corrected chi connectivity index (χ1v) is 4.64. The molecular formula is C11H11N3O. The van der Waals surface area contributed by atoms with Crippen molar-refractivity contribution in [3.8, 4) is 11.4 Å². The van der Waals surface area contributed by atoms with Crippen LogP contribution in [-0.4, -0.2) is 21.1 Å². The molecule has 0 saturated carbocycles. The van der Waals surface area contributed by atoms with Crippen LogP contribution in [0.25, 0.3) is 11.4 Å². The zero-order valence-electron chi connectivity index (χ0n) is 8.64. The van der Waals surface area contributed by atoms with Gasteiger partial charge in [0.05, 0.1) is 0 Å². The highest BCUT2D eigenvalue weighted by molar-refractivity contribution is 5.70. The fourth-order valence-corrected chi connectivity index (χ4v) is 1.32. The van der Waals surface area contributed by atoms with Crippen LogP contribution in [0.15, 0.2) is 24.3 Å². The first-order valence-electron chi connectivity index (χ1n) is 4.64. The minimum absolute atomic E-state index is 0.338. The van der Waals surface area contributed by atoms with Crippen molar-refractivity contribution in [3.63, 3.8) is 0 Å². The maximum atomic E-state index is 10.6. The third kappa shape index (κ3) is 1.79. The lowest BCUT2D eigenvalue weighted by Crippen LogP contribution is -1.96. The third-order valence-corrected chi connectivity index (χ3v) is 2.21. The molecule has 0 spiro atoms. The topological polar surface area (TPSA) is 47.8 Å². The molecule has 0 aliphatic rings. The molecule has 0 aliphatic carbocycles. The molecule has 1 aromatic carbocycles. The van der Waals surface area contributed by atoms with Crippen molar-refractivity contribution in [3.05, 3.63) is 35.7 Å². The number of benzene rings is 1. The minimum Gasteiger partial charge on any atom is -0.294 e. The van der Waals surface area contributed by atoms with Gasteiger partial charge in [-0.2, -0.15) is 5.10 Å². The standard InChI is InChI=1S/C11H11N3O/c1-8-3-5-9(6-4-8)11-12-10(7-15)14(2)13-11/h3-7H,1-2H3. The summed E-state index contributed by atoms with van der Waals surface area (Å²) in [5, 5.41) is 4.16. The largest absolute Gasteiger partial charge is 0.294 e. The van der Waals surface area contributed by atoms with Gasteiger partial charge in [-0.3, -0.25) is 4.79 Å². The van der Waals surface area contributed by atoms with Gasteiger partial charge >= 0.3 is 0 Å². The van der Waals surface area contributed by atoms with Crippen LogP contribution in [0, 0.1) is 6.92 Å². The van der Waals surface area contributed by atoms with E-state index in [9.17, 15) is 4.79 Å². The molecule has 1 heterocycles. The number of aromatic nitrogens is 3. The Labute approximate surface area is 87.6 Å². The van der Waals surface area contributed by atoms with Gasteiger partial charge in [0.25, 0.3) is 0 Å². The number of hydrogen-bond donors (Lipinski definition) is 0. The molecule has 1 aromatic heterocycles. The molecule has 0 radical (unpaired) electrons. The number of nitrogens with zero attached hydrogens (tertiary/aromatic N) is 3. The maximum Gasteiger partial charge on any atom is 0.191 e. The van der Waals surface area contributed by atoms with Crippen molar-refractivity contribution in [2.24, 2.45) is 7.05 Å². The number of hydrogen-bond acceptors (Lipinski definition) is 3. The van der Waals surface area contributed by atoms with Crippen LogP contribution in [0.2, 0.25) is 0 Å². The predicted octanol–water partition coefficient (Wildman–Crippen LogP) is 1.60. The van der Waals surface area contributed by atoms with E-state index < -0.39 is 0 Å². The summed E-state index contributed by atoms with van der Waals surface area (Å²) in [5.41, 5.74) is 2.11. The molecule has 0 fully saturated rings. The van der Waals surface area contributed by atoms with E-state index in [2.05, 4.69) is 10.1 Å². The first kappa shape index (κ1) is 9.58. The summed E-state index contributed by atoms with van der Waals surface area (Å²) in [6, 6.07) is 7.87. The first-order chi connectivity index (χ1) is 7.20. The number of carbonyl (C=O) groups is 1. The summed E-state index contributed by atoms with van der Waals surface area (Å²) in [4.78, 5) is 14.7. The minimum atomic E-state index is 0.338. The van der Waals surface area contributed by atoms with E-state index >= 15 is 0 Å². The van der Waals surface area contributed by atoms with Crippen LogP contribution < -0.4 is 0 Å². The van der Waals surface area contributed by atoms with Gasteiger partial charge in [-0.15, -0.1) is 0 Å². The van der Waals surface area contributed by atoms with Crippen LogP contribution in [0.1, 0.15) is 16.2 Å². The Morgan fingerprint density at radius 1 is 1.27 bits per heavy atom. The predicted molar refractivity (Wildman–Crippen MR) is 56.6 cm³/mol. The quantitative estimate of drug-likeness (QED) is 0.693. The van der Waals surface area contributed by atoms with Crippen LogP contribution >= 0.6 is 0 Å². The number of rotatable bonds is 2. The van der Waals surface area contributed by atoms with Gasteiger partial charge in [0.2, 0.25) is 0 Å². The van der Waals surface area contributed by atoms with E-state index in [1.54, 1.807) is 7.05 Å². The molecule has 4 heteroatoms. The Kier molecular flexibility index (Phi) is 2.33. The molecule has 15 heavy (non-hydrogen) atoms. The average Bonchev–Trinajstić information content (AvgIpc) is 2.61. The molecule has 76 valence electrons. The van der Waals surface area contributed by atoms with Gasteiger partial charge in [-0.05, 0) is 6.92 Å². The highest BCUT2D eigenvalue weighted by Gasteiger charge is 2.07. The molecule has 0 aliphatic heterocycles. The molecule has 0 saturated heterocycles. The van der Waals surface area contributed by atoms with E-state index in [0.29, 0.717) is 17.9 Å². The normalized spacial score (nSPS) is 10.3. The molecule has 0 atom stereocenters. The van der Waals surface area contributed by atoms with Gasteiger partial charge in [0, 0.05) is 12.6 Å². The highest BCUT2D eigenvalue weighted by Crippen LogP contribution is 2.15. The van der Waals surface area contributed by atoms with Gasteiger partial charge in [0.1, 0.15) is 0 Å². The van der Waals surface area contributed by atoms with Crippen molar-refractivity contribution in [2.75, 3.05) is 0 Å². The fourth-order valence-electron chi connectivity index (χ4n) is 1.32. The van der Waals surface area contributed by atoms with E-state index in [4.69, 9.17) is 0 Å². The average molecular weight is 201 g/mol. The van der Waals surface area contributed by atoms with Crippen LogP contribution in [0.5, 0.6) is 0 Å². The maximum absolute atomic E-state index is 10.6. The van der Waals surface area contributed by atoms with Crippen molar-refractivity contribution < 1.29 is 4.79 Å². The number of carbonyl (C=O) groups excluding carboxylic acids is 1. The van der Waals surface area contributed by atoms with Crippen molar-refractivity contribution in [1.29, 1.82) is 0 Å². The second-order valence-corrected chi connectivity index (χ2v) is 3.40. The van der Waals surface area contributed by atoms with Gasteiger partial charge < -0.3 is 0 Å². The highest BCUT2D eigenvalue weighted by atomic mass is 16.1.